The number of methoxy groups -OCH3 is 1. The molecular formula is C16H25NO2S. The Bertz CT molecular complexity index is 399. The zero-order valence-electron chi connectivity index (χ0n) is 12.5. The van der Waals surface area contributed by atoms with Crippen molar-refractivity contribution < 1.29 is 9.53 Å². The minimum Gasteiger partial charge on any atom is -0.469 e. The third-order valence-electron chi connectivity index (χ3n) is 3.91. The largest absolute Gasteiger partial charge is 0.469 e. The van der Waals surface area contributed by atoms with Gasteiger partial charge in [-0.3, -0.25) is 4.79 Å². The van der Waals surface area contributed by atoms with E-state index in [1.165, 1.54) is 69.0 Å². The van der Waals surface area contributed by atoms with Crippen LogP contribution in [0.5, 0.6) is 0 Å². The molecule has 112 valence electrons. The van der Waals surface area contributed by atoms with E-state index in [2.05, 4.69) is 4.98 Å². The minimum absolute atomic E-state index is 0.185. The molecule has 0 fully saturated rings. The van der Waals surface area contributed by atoms with E-state index < -0.39 is 0 Å². The van der Waals surface area contributed by atoms with Gasteiger partial charge in [0.25, 0.3) is 0 Å². The van der Waals surface area contributed by atoms with Crippen molar-refractivity contribution in [3.8, 4) is 0 Å². The van der Waals surface area contributed by atoms with E-state index in [1.54, 1.807) is 11.3 Å². The van der Waals surface area contributed by atoms with Crippen molar-refractivity contribution in [1.82, 2.24) is 4.98 Å². The number of rotatable bonds is 2. The number of ether oxygens (including phenoxy) is 1. The van der Waals surface area contributed by atoms with Gasteiger partial charge in [-0.2, -0.15) is 0 Å². The number of fused-ring (bicyclic) bond motifs is 1. The highest BCUT2D eigenvalue weighted by atomic mass is 32.1. The summed E-state index contributed by atoms with van der Waals surface area (Å²) >= 11 is 1.72. The van der Waals surface area contributed by atoms with Crippen LogP contribution in [-0.2, 0) is 28.8 Å². The minimum atomic E-state index is -0.185. The molecule has 1 aromatic heterocycles. The molecule has 0 saturated carbocycles. The molecule has 1 aliphatic carbocycles. The fraction of sp³-hybridized carbons (Fsp3) is 0.750. The summed E-state index contributed by atoms with van der Waals surface area (Å²) in [5.74, 6) is -0.185. The number of esters is 1. The molecule has 1 heterocycles. The highest BCUT2D eigenvalue weighted by Gasteiger charge is 2.14. The lowest BCUT2D eigenvalue weighted by Gasteiger charge is -2.06. The van der Waals surface area contributed by atoms with E-state index >= 15 is 0 Å². The van der Waals surface area contributed by atoms with Gasteiger partial charge in [-0.25, -0.2) is 4.98 Å². The monoisotopic (exact) mass is 295 g/mol. The molecule has 0 unspecified atom stereocenters. The second-order valence-corrected chi connectivity index (χ2v) is 6.73. The van der Waals surface area contributed by atoms with Gasteiger partial charge in [0.2, 0.25) is 0 Å². The summed E-state index contributed by atoms with van der Waals surface area (Å²) in [6, 6.07) is 0. The molecule has 2 rings (SSSR count). The Morgan fingerprint density at radius 2 is 1.65 bits per heavy atom. The van der Waals surface area contributed by atoms with E-state index in [-0.39, 0.29) is 5.97 Å². The van der Waals surface area contributed by atoms with Crippen molar-refractivity contribution in [2.75, 3.05) is 7.11 Å². The van der Waals surface area contributed by atoms with Crippen molar-refractivity contribution in [2.45, 2.75) is 70.6 Å². The van der Waals surface area contributed by atoms with Crippen LogP contribution in [0.4, 0.5) is 0 Å². The first-order chi connectivity index (χ1) is 9.79. The Hall–Kier alpha value is -0.900. The average Bonchev–Trinajstić information content (AvgIpc) is 2.80. The fourth-order valence-corrected chi connectivity index (χ4v) is 3.88. The van der Waals surface area contributed by atoms with Gasteiger partial charge in [0.15, 0.2) is 0 Å². The summed E-state index contributed by atoms with van der Waals surface area (Å²) in [5.41, 5.74) is 1.24. The number of aromatic nitrogens is 1. The molecule has 0 bridgehead atoms. The van der Waals surface area contributed by atoms with Gasteiger partial charge in [-0.15, -0.1) is 11.3 Å². The maximum atomic E-state index is 11.4. The highest BCUT2D eigenvalue weighted by molar-refractivity contribution is 7.11. The van der Waals surface area contributed by atoms with Crippen LogP contribution < -0.4 is 0 Å². The van der Waals surface area contributed by atoms with Crippen LogP contribution in [0.15, 0.2) is 0 Å². The summed E-state index contributed by atoms with van der Waals surface area (Å²) in [5, 5.41) is 0.928. The van der Waals surface area contributed by atoms with Crippen LogP contribution in [0.2, 0.25) is 0 Å². The highest BCUT2D eigenvalue weighted by Crippen LogP contribution is 2.25. The second-order valence-electron chi connectivity index (χ2n) is 5.56. The van der Waals surface area contributed by atoms with Gasteiger partial charge < -0.3 is 4.74 Å². The van der Waals surface area contributed by atoms with Crippen LogP contribution in [-0.4, -0.2) is 18.1 Å². The van der Waals surface area contributed by atoms with Crippen molar-refractivity contribution in [1.29, 1.82) is 0 Å². The Morgan fingerprint density at radius 3 is 2.30 bits per heavy atom. The van der Waals surface area contributed by atoms with Gasteiger partial charge in [0, 0.05) is 4.88 Å². The lowest BCUT2D eigenvalue weighted by atomic mass is 10.0. The van der Waals surface area contributed by atoms with Crippen LogP contribution >= 0.6 is 11.3 Å². The molecule has 0 spiro atoms. The number of aryl methyl sites for hydroxylation is 2. The average molecular weight is 295 g/mol. The molecule has 1 aromatic rings. The third-order valence-corrected chi connectivity index (χ3v) is 5.07. The predicted octanol–water partition coefficient (Wildman–Crippen LogP) is 4.08. The Morgan fingerprint density at radius 1 is 1.05 bits per heavy atom. The number of carbonyl (C=O) groups is 1. The molecule has 20 heavy (non-hydrogen) atoms. The number of carbonyl (C=O) groups excluding carboxylic acids is 1. The maximum absolute atomic E-state index is 11.4. The van der Waals surface area contributed by atoms with Crippen molar-refractivity contribution >= 4 is 17.3 Å². The van der Waals surface area contributed by atoms with Gasteiger partial charge in [-0.1, -0.05) is 38.5 Å². The Kier molecular flexibility index (Phi) is 6.51. The SMILES string of the molecule is COC(=O)Cc1nc2c(s1)CCCCCCCCCC2. The molecule has 3 nitrogen and oxygen atoms in total. The zero-order valence-corrected chi connectivity index (χ0v) is 13.3. The lowest BCUT2D eigenvalue weighted by molar-refractivity contribution is -0.139. The summed E-state index contributed by atoms with van der Waals surface area (Å²) < 4.78 is 4.74. The van der Waals surface area contributed by atoms with E-state index in [0.717, 1.165) is 17.8 Å². The fourth-order valence-electron chi connectivity index (χ4n) is 2.74. The molecule has 0 N–H and O–H groups in total. The first kappa shape index (κ1) is 15.5. The second kappa shape index (κ2) is 8.40. The third kappa shape index (κ3) is 4.89. The molecule has 0 aliphatic heterocycles. The molecular weight excluding hydrogens is 270 g/mol. The van der Waals surface area contributed by atoms with Crippen LogP contribution in [0, 0.1) is 0 Å². The van der Waals surface area contributed by atoms with Crippen molar-refractivity contribution in [3.63, 3.8) is 0 Å². The van der Waals surface area contributed by atoms with Crippen LogP contribution in [0.1, 0.15) is 66.9 Å². The topological polar surface area (TPSA) is 39.2 Å². The molecule has 0 amide bonds. The zero-order chi connectivity index (χ0) is 14.2. The predicted molar refractivity (Wildman–Crippen MR) is 82.2 cm³/mol. The molecule has 1 aliphatic rings. The first-order valence-electron chi connectivity index (χ1n) is 7.84. The van der Waals surface area contributed by atoms with Crippen molar-refractivity contribution in [2.24, 2.45) is 0 Å². The molecule has 0 atom stereocenters. The number of hydrogen-bond donors (Lipinski definition) is 0. The lowest BCUT2D eigenvalue weighted by Crippen LogP contribution is -2.04. The molecule has 0 aromatic carbocycles. The molecule has 0 saturated heterocycles. The van der Waals surface area contributed by atoms with Gasteiger partial charge in [0.1, 0.15) is 5.01 Å². The standard InChI is InChI=1S/C16H25NO2S/c1-19-16(18)12-15-17-13-10-8-6-4-2-3-5-7-9-11-14(13)20-15/h2-12H2,1H3. The summed E-state index contributed by atoms with van der Waals surface area (Å²) in [6.07, 6.45) is 13.2. The van der Waals surface area contributed by atoms with Crippen molar-refractivity contribution in [3.05, 3.63) is 15.6 Å². The van der Waals surface area contributed by atoms with E-state index in [9.17, 15) is 4.79 Å². The summed E-state index contributed by atoms with van der Waals surface area (Å²) in [6.45, 7) is 0. The quantitative estimate of drug-likeness (QED) is 0.772. The first-order valence-corrected chi connectivity index (χ1v) is 8.65. The summed E-state index contributed by atoms with van der Waals surface area (Å²) in [4.78, 5) is 17.5. The van der Waals surface area contributed by atoms with Crippen LogP contribution in [0.25, 0.3) is 0 Å². The van der Waals surface area contributed by atoms with E-state index in [0.29, 0.717) is 6.42 Å². The van der Waals surface area contributed by atoms with Gasteiger partial charge >= 0.3 is 5.97 Å². The number of hydrogen-bond acceptors (Lipinski definition) is 4. The normalized spacial score (nSPS) is 17.6. The maximum Gasteiger partial charge on any atom is 0.312 e. The van der Waals surface area contributed by atoms with Crippen LogP contribution in [0.3, 0.4) is 0 Å². The van der Waals surface area contributed by atoms with E-state index in [4.69, 9.17) is 4.74 Å². The molecule has 0 radical (unpaired) electrons. The van der Waals surface area contributed by atoms with Gasteiger partial charge in [-0.05, 0) is 25.7 Å². The molecule has 4 heteroatoms. The summed E-state index contributed by atoms with van der Waals surface area (Å²) in [7, 11) is 1.44. The smallest absolute Gasteiger partial charge is 0.312 e. The number of nitrogens with zero attached hydrogens (tertiary/aromatic N) is 1. The van der Waals surface area contributed by atoms with E-state index in [1.807, 2.05) is 0 Å². The number of thiazole rings is 1. The Balaban J connectivity index is 2.02. The Labute approximate surface area is 125 Å². The van der Waals surface area contributed by atoms with Gasteiger partial charge in [0.05, 0.1) is 19.2 Å².